The highest BCUT2D eigenvalue weighted by Crippen LogP contribution is 2.19. The fourth-order valence-corrected chi connectivity index (χ4v) is 2.86. The second-order valence-corrected chi connectivity index (χ2v) is 7.46. The molecule has 1 aliphatic rings. The molecule has 0 aromatic heterocycles. The summed E-state index contributed by atoms with van der Waals surface area (Å²) < 4.78 is 38.7. The number of carbonyl (C=O) groups is 2. The molecule has 2 amide bonds. The van der Waals surface area contributed by atoms with E-state index in [0.717, 1.165) is 0 Å². The summed E-state index contributed by atoms with van der Waals surface area (Å²) in [6.45, 7) is 5.81. The van der Waals surface area contributed by atoms with Crippen LogP contribution in [0.5, 0.6) is 0 Å². The van der Waals surface area contributed by atoms with Crippen LogP contribution in [-0.4, -0.2) is 56.3 Å². The number of hydrogen-bond donors (Lipinski definition) is 1. The monoisotopic (exact) mass is 324 g/mol. The van der Waals surface area contributed by atoms with Gasteiger partial charge in [0.15, 0.2) is 0 Å². The van der Waals surface area contributed by atoms with E-state index in [2.05, 4.69) is 5.32 Å². The van der Waals surface area contributed by atoms with Crippen LogP contribution in [0.2, 0.25) is 0 Å². The largest absolute Gasteiger partial charge is 0.444 e. The Labute approximate surface area is 124 Å². The number of amides is 2. The van der Waals surface area contributed by atoms with Gasteiger partial charge in [0.1, 0.15) is 5.60 Å². The number of carbonyl (C=O) groups excluding carboxylic acids is 2. The molecule has 1 N–H and O–H groups in total. The zero-order valence-electron chi connectivity index (χ0n) is 12.4. The molecule has 1 fully saturated rings. The van der Waals surface area contributed by atoms with Gasteiger partial charge in [-0.15, -0.1) is 3.89 Å². The summed E-state index contributed by atoms with van der Waals surface area (Å²) in [4.78, 5) is 24.4. The van der Waals surface area contributed by atoms with Crippen LogP contribution in [0.3, 0.4) is 0 Å². The Balaban J connectivity index is 2.33. The van der Waals surface area contributed by atoms with Crippen LogP contribution >= 0.6 is 0 Å². The standard InChI is InChI=1S/C12H21FN2O5S/c1-12(2,3)20-11(17)14-4-5-15-7-9(6-10(15)16)8-21(13,18)19/h9H,4-8H2,1-3H3,(H,14,17). The van der Waals surface area contributed by atoms with E-state index in [4.69, 9.17) is 4.74 Å². The zero-order chi connectivity index (χ0) is 16.3. The minimum atomic E-state index is -4.58. The third kappa shape index (κ3) is 7.26. The molecule has 21 heavy (non-hydrogen) atoms. The number of nitrogens with one attached hydrogen (secondary N) is 1. The molecule has 0 aromatic rings. The van der Waals surface area contributed by atoms with Crippen LogP contribution < -0.4 is 5.32 Å². The Morgan fingerprint density at radius 3 is 2.62 bits per heavy atom. The summed E-state index contributed by atoms with van der Waals surface area (Å²) in [6, 6.07) is 0. The lowest BCUT2D eigenvalue weighted by Gasteiger charge is -2.21. The summed E-state index contributed by atoms with van der Waals surface area (Å²) >= 11 is 0. The van der Waals surface area contributed by atoms with Crippen LogP contribution in [0.4, 0.5) is 8.68 Å². The molecular formula is C12H21FN2O5S. The van der Waals surface area contributed by atoms with E-state index in [1.165, 1.54) is 4.90 Å². The van der Waals surface area contributed by atoms with Crippen molar-refractivity contribution in [2.24, 2.45) is 5.92 Å². The number of halogens is 1. The third-order valence-corrected chi connectivity index (χ3v) is 3.65. The highest BCUT2D eigenvalue weighted by atomic mass is 32.3. The van der Waals surface area contributed by atoms with E-state index in [1.807, 2.05) is 0 Å². The van der Waals surface area contributed by atoms with Crippen molar-refractivity contribution in [1.82, 2.24) is 10.2 Å². The molecule has 1 rings (SSSR count). The van der Waals surface area contributed by atoms with Gasteiger partial charge in [0.05, 0.1) is 5.75 Å². The lowest BCUT2D eigenvalue weighted by Crippen LogP contribution is -2.38. The first-order valence-electron chi connectivity index (χ1n) is 6.63. The molecule has 9 heteroatoms. The molecule has 7 nitrogen and oxygen atoms in total. The normalized spacial score (nSPS) is 19.7. The molecule has 0 spiro atoms. The average Bonchev–Trinajstić information content (AvgIpc) is 2.53. The highest BCUT2D eigenvalue weighted by Gasteiger charge is 2.32. The first-order chi connectivity index (χ1) is 9.46. The van der Waals surface area contributed by atoms with Gasteiger partial charge in [-0.1, -0.05) is 0 Å². The van der Waals surface area contributed by atoms with Gasteiger partial charge < -0.3 is 15.0 Å². The molecule has 122 valence electrons. The number of hydrogen-bond acceptors (Lipinski definition) is 5. The van der Waals surface area contributed by atoms with Crippen LogP contribution in [-0.2, 0) is 19.8 Å². The van der Waals surface area contributed by atoms with Crippen molar-refractivity contribution in [1.29, 1.82) is 0 Å². The summed E-state index contributed by atoms with van der Waals surface area (Å²) in [5.74, 6) is -1.42. The average molecular weight is 324 g/mol. The van der Waals surface area contributed by atoms with Crippen LogP contribution in [0.1, 0.15) is 27.2 Å². The number of alkyl carbamates (subject to hydrolysis) is 1. The van der Waals surface area contributed by atoms with Crippen molar-refractivity contribution in [3.63, 3.8) is 0 Å². The topological polar surface area (TPSA) is 92.8 Å². The van der Waals surface area contributed by atoms with E-state index in [9.17, 15) is 21.9 Å². The van der Waals surface area contributed by atoms with Crippen molar-refractivity contribution >= 4 is 22.2 Å². The Morgan fingerprint density at radius 2 is 2.10 bits per heavy atom. The van der Waals surface area contributed by atoms with Gasteiger partial charge in [-0.3, -0.25) is 4.79 Å². The second-order valence-electron chi connectivity index (χ2n) is 6.04. The Bertz CT molecular complexity index is 500. The van der Waals surface area contributed by atoms with Gasteiger partial charge >= 0.3 is 16.3 Å². The van der Waals surface area contributed by atoms with Gasteiger partial charge in [-0.05, 0) is 20.8 Å². The molecule has 0 bridgehead atoms. The van der Waals surface area contributed by atoms with Crippen molar-refractivity contribution in [3.05, 3.63) is 0 Å². The Morgan fingerprint density at radius 1 is 1.48 bits per heavy atom. The maximum absolute atomic E-state index is 12.6. The van der Waals surface area contributed by atoms with Crippen molar-refractivity contribution in [3.8, 4) is 0 Å². The van der Waals surface area contributed by atoms with Crippen LogP contribution in [0.15, 0.2) is 0 Å². The molecular weight excluding hydrogens is 303 g/mol. The van der Waals surface area contributed by atoms with E-state index in [1.54, 1.807) is 20.8 Å². The van der Waals surface area contributed by atoms with Gasteiger partial charge in [0, 0.05) is 32.0 Å². The minimum absolute atomic E-state index is 0.00951. The molecule has 1 heterocycles. The quantitative estimate of drug-likeness (QED) is 0.750. The third-order valence-electron chi connectivity index (χ3n) is 2.78. The fraction of sp³-hybridized carbons (Fsp3) is 0.833. The predicted molar refractivity (Wildman–Crippen MR) is 73.8 cm³/mol. The van der Waals surface area contributed by atoms with Gasteiger partial charge in [0.25, 0.3) is 0 Å². The SMILES string of the molecule is CC(C)(C)OC(=O)NCCN1CC(CS(=O)(=O)F)CC1=O. The van der Waals surface area contributed by atoms with Gasteiger partial charge in [0.2, 0.25) is 5.91 Å². The number of nitrogens with zero attached hydrogens (tertiary/aromatic N) is 1. The van der Waals surface area contributed by atoms with Gasteiger partial charge in [-0.25, -0.2) is 4.79 Å². The Hall–Kier alpha value is -1.38. The highest BCUT2D eigenvalue weighted by molar-refractivity contribution is 7.86. The molecule has 0 aromatic carbocycles. The fourth-order valence-electron chi connectivity index (χ4n) is 2.07. The number of rotatable bonds is 5. The van der Waals surface area contributed by atoms with Crippen molar-refractivity contribution in [2.45, 2.75) is 32.8 Å². The van der Waals surface area contributed by atoms with E-state index < -0.39 is 33.6 Å². The molecule has 1 unspecified atom stereocenters. The molecule has 0 radical (unpaired) electrons. The van der Waals surface area contributed by atoms with Gasteiger partial charge in [-0.2, -0.15) is 8.42 Å². The summed E-state index contributed by atoms with van der Waals surface area (Å²) in [5.41, 5.74) is -0.603. The van der Waals surface area contributed by atoms with Crippen LogP contribution in [0, 0.1) is 5.92 Å². The summed E-state index contributed by atoms with van der Waals surface area (Å²) in [5, 5.41) is 2.50. The van der Waals surface area contributed by atoms with Crippen molar-refractivity contribution in [2.75, 3.05) is 25.4 Å². The number of likely N-dealkylation sites (tertiary alicyclic amines) is 1. The smallest absolute Gasteiger partial charge is 0.407 e. The lowest BCUT2D eigenvalue weighted by atomic mass is 10.1. The molecule has 1 atom stereocenters. The summed E-state index contributed by atoms with van der Waals surface area (Å²) in [6.07, 6.45) is -0.577. The first kappa shape index (κ1) is 17.7. The predicted octanol–water partition coefficient (Wildman–Crippen LogP) is 0.659. The molecule has 1 aliphatic heterocycles. The second kappa shape index (κ2) is 6.59. The van der Waals surface area contributed by atoms with E-state index in [-0.39, 0.29) is 32.0 Å². The summed E-state index contributed by atoms with van der Waals surface area (Å²) in [7, 11) is -4.58. The van der Waals surface area contributed by atoms with E-state index in [0.29, 0.717) is 0 Å². The molecule has 1 saturated heterocycles. The molecule has 0 saturated carbocycles. The first-order valence-corrected chi connectivity index (χ1v) is 8.18. The maximum atomic E-state index is 12.6. The zero-order valence-corrected chi connectivity index (χ0v) is 13.2. The Kier molecular flexibility index (Phi) is 5.54. The van der Waals surface area contributed by atoms with Crippen molar-refractivity contribution < 1.29 is 26.6 Å². The maximum Gasteiger partial charge on any atom is 0.407 e. The number of ether oxygens (including phenoxy) is 1. The molecule has 0 aliphatic carbocycles. The lowest BCUT2D eigenvalue weighted by molar-refractivity contribution is -0.127. The van der Waals surface area contributed by atoms with E-state index >= 15 is 0 Å². The minimum Gasteiger partial charge on any atom is -0.444 e. The van der Waals surface area contributed by atoms with Crippen LogP contribution in [0.25, 0.3) is 0 Å².